The van der Waals surface area contributed by atoms with Gasteiger partial charge in [0.1, 0.15) is 11.8 Å². The van der Waals surface area contributed by atoms with Crippen LogP contribution in [0.5, 0.6) is 5.75 Å². The number of amides is 5. The zero-order valence-corrected chi connectivity index (χ0v) is 18.9. The highest BCUT2D eigenvalue weighted by molar-refractivity contribution is 6.05. The van der Waals surface area contributed by atoms with Gasteiger partial charge in [-0.05, 0) is 48.8 Å². The van der Waals surface area contributed by atoms with Gasteiger partial charge in [-0.2, -0.15) is 0 Å². The van der Waals surface area contributed by atoms with Gasteiger partial charge in [0.25, 0.3) is 5.91 Å². The summed E-state index contributed by atoms with van der Waals surface area (Å²) in [7, 11) is 1.58. The van der Waals surface area contributed by atoms with Crippen molar-refractivity contribution in [1.82, 2.24) is 20.0 Å². The van der Waals surface area contributed by atoms with Gasteiger partial charge in [-0.15, -0.1) is 0 Å². The average molecular weight is 455 g/mol. The number of piperidine rings is 3. The van der Waals surface area contributed by atoms with Crippen LogP contribution in [0.3, 0.4) is 0 Å². The molecular weight excluding hydrogens is 424 g/mol. The van der Waals surface area contributed by atoms with Crippen molar-refractivity contribution >= 4 is 23.8 Å². The summed E-state index contributed by atoms with van der Waals surface area (Å²) in [5, 5.41) is 2.68. The lowest BCUT2D eigenvalue weighted by Gasteiger charge is -2.52. The predicted octanol–water partition coefficient (Wildman–Crippen LogP) is 1.37. The van der Waals surface area contributed by atoms with E-state index in [4.69, 9.17) is 4.74 Å². The first kappa shape index (κ1) is 21.7. The fourth-order valence-electron chi connectivity index (χ4n) is 5.90. The van der Waals surface area contributed by atoms with E-state index < -0.39 is 12.1 Å². The highest BCUT2D eigenvalue weighted by Gasteiger charge is 2.46. The Morgan fingerprint density at radius 2 is 1.91 bits per heavy atom. The number of ether oxygens (including phenoxy) is 1. The zero-order chi connectivity index (χ0) is 23.1. The SMILES string of the molecule is COc1ccc(CN2C(=O)N[C@@H](CC(=O)N3C[C@H]4C[C@@H](C3)[C@H]3CCCC(=O)N3C4)C2=O)cc1. The Bertz CT molecular complexity index is 964. The summed E-state index contributed by atoms with van der Waals surface area (Å²) in [6.45, 7) is 2.10. The number of carbonyl (C=O) groups excluding carboxylic acids is 4. The minimum Gasteiger partial charge on any atom is -0.497 e. The molecule has 9 nitrogen and oxygen atoms in total. The van der Waals surface area contributed by atoms with Crippen molar-refractivity contribution in [2.45, 2.75) is 50.7 Å². The number of imide groups is 1. The molecule has 4 fully saturated rings. The van der Waals surface area contributed by atoms with E-state index in [1.54, 1.807) is 19.2 Å². The molecule has 9 heteroatoms. The van der Waals surface area contributed by atoms with E-state index in [1.807, 2.05) is 21.9 Å². The molecule has 5 amide bonds. The van der Waals surface area contributed by atoms with Gasteiger partial charge in [0.2, 0.25) is 11.8 Å². The molecule has 176 valence electrons. The Kier molecular flexibility index (Phi) is 5.72. The highest BCUT2D eigenvalue weighted by Crippen LogP contribution is 2.38. The van der Waals surface area contributed by atoms with E-state index in [9.17, 15) is 19.2 Å². The molecule has 2 bridgehead atoms. The van der Waals surface area contributed by atoms with Gasteiger partial charge in [-0.1, -0.05) is 12.1 Å². The second kappa shape index (κ2) is 8.68. The minimum absolute atomic E-state index is 0.0313. The molecule has 1 aromatic rings. The molecule has 5 rings (SSSR count). The number of rotatable bonds is 5. The molecule has 0 spiro atoms. The fraction of sp³-hybridized carbons (Fsp3) is 0.583. The molecule has 0 radical (unpaired) electrons. The number of likely N-dealkylation sites (tertiary alicyclic amines) is 1. The smallest absolute Gasteiger partial charge is 0.325 e. The van der Waals surface area contributed by atoms with Gasteiger partial charge in [0.15, 0.2) is 0 Å². The first-order valence-electron chi connectivity index (χ1n) is 11.7. The van der Waals surface area contributed by atoms with Gasteiger partial charge in [-0.3, -0.25) is 19.3 Å². The standard InChI is InChI=1S/C24H30N4O5/c1-33-18-7-5-15(6-8-18)12-28-23(31)19(25-24(28)32)10-22(30)26-11-16-9-17(14-26)20-3-2-4-21(29)27(20)13-16/h5-8,16-17,19-20H,2-4,9-14H2,1H3,(H,25,32)/t16-,17+,19+,20-/m1/s1. The fourth-order valence-corrected chi connectivity index (χ4v) is 5.90. The quantitative estimate of drug-likeness (QED) is 0.678. The maximum absolute atomic E-state index is 13.1. The molecule has 4 aliphatic heterocycles. The summed E-state index contributed by atoms with van der Waals surface area (Å²) in [6.07, 6.45) is 3.57. The highest BCUT2D eigenvalue weighted by atomic mass is 16.5. The third kappa shape index (κ3) is 4.16. The number of methoxy groups -OCH3 is 1. The van der Waals surface area contributed by atoms with Crippen LogP contribution in [-0.4, -0.2) is 77.3 Å². The molecular formula is C24H30N4O5. The second-order valence-corrected chi connectivity index (χ2v) is 9.64. The number of urea groups is 1. The van der Waals surface area contributed by atoms with Crippen LogP contribution in [-0.2, 0) is 20.9 Å². The molecule has 33 heavy (non-hydrogen) atoms. The Labute approximate surface area is 193 Å². The second-order valence-electron chi connectivity index (χ2n) is 9.64. The largest absolute Gasteiger partial charge is 0.497 e. The monoisotopic (exact) mass is 454 g/mol. The average Bonchev–Trinajstić information content (AvgIpc) is 3.07. The van der Waals surface area contributed by atoms with E-state index >= 15 is 0 Å². The van der Waals surface area contributed by atoms with Crippen LogP contribution in [0.25, 0.3) is 0 Å². The van der Waals surface area contributed by atoms with E-state index in [0.29, 0.717) is 31.2 Å². The summed E-state index contributed by atoms with van der Waals surface area (Å²) in [5.41, 5.74) is 0.807. The molecule has 4 saturated heterocycles. The van der Waals surface area contributed by atoms with Crippen LogP contribution in [0, 0.1) is 11.8 Å². The van der Waals surface area contributed by atoms with Crippen molar-refractivity contribution in [2.75, 3.05) is 26.7 Å². The lowest BCUT2D eigenvalue weighted by atomic mass is 9.76. The predicted molar refractivity (Wildman–Crippen MR) is 118 cm³/mol. The lowest BCUT2D eigenvalue weighted by Crippen LogP contribution is -2.61. The number of nitrogens with one attached hydrogen (secondary N) is 1. The maximum Gasteiger partial charge on any atom is 0.325 e. The van der Waals surface area contributed by atoms with Crippen LogP contribution in [0.4, 0.5) is 4.79 Å². The topological polar surface area (TPSA) is 99.3 Å². The van der Waals surface area contributed by atoms with E-state index in [-0.39, 0.29) is 42.6 Å². The molecule has 4 heterocycles. The Morgan fingerprint density at radius 3 is 2.67 bits per heavy atom. The van der Waals surface area contributed by atoms with Crippen molar-refractivity contribution in [3.63, 3.8) is 0 Å². The van der Waals surface area contributed by atoms with Crippen molar-refractivity contribution in [3.05, 3.63) is 29.8 Å². The van der Waals surface area contributed by atoms with Crippen LogP contribution >= 0.6 is 0 Å². The summed E-state index contributed by atoms with van der Waals surface area (Å²) in [4.78, 5) is 55.8. The molecule has 4 aliphatic rings. The summed E-state index contributed by atoms with van der Waals surface area (Å²) in [5.74, 6) is 1.05. The van der Waals surface area contributed by atoms with Gasteiger partial charge in [0.05, 0.1) is 20.1 Å². The zero-order valence-electron chi connectivity index (χ0n) is 18.9. The summed E-state index contributed by atoms with van der Waals surface area (Å²) >= 11 is 0. The third-order valence-corrected chi connectivity index (χ3v) is 7.52. The minimum atomic E-state index is -0.835. The molecule has 0 unspecified atom stereocenters. The number of carbonyl (C=O) groups is 4. The molecule has 0 aliphatic carbocycles. The number of nitrogens with zero attached hydrogens (tertiary/aromatic N) is 3. The van der Waals surface area contributed by atoms with Gasteiger partial charge >= 0.3 is 6.03 Å². The Balaban J connectivity index is 1.20. The van der Waals surface area contributed by atoms with E-state index in [0.717, 1.165) is 36.3 Å². The first-order chi connectivity index (χ1) is 15.9. The van der Waals surface area contributed by atoms with Crippen LogP contribution < -0.4 is 10.1 Å². The molecule has 0 aromatic heterocycles. The number of hydrogen-bond acceptors (Lipinski definition) is 5. The number of benzene rings is 1. The molecule has 1 N–H and O–H groups in total. The van der Waals surface area contributed by atoms with E-state index in [1.165, 1.54) is 0 Å². The maximum atomic E-state index is 13.1. The molecule has 1 aromatic carbocycles. The number of hydrogen-bond donors (Lipinski definition) is 1. The van der Waals surface area contributed by atoms with Gasteiger partial charge in [-0.25, -0.2) is 4.79 Å². The van der Waals surface area contributed by atoms with E-state index in [2.05, 4.69) is 5.32 Å². The third-order valence-electron chi connectivity index (χ3n) is 7.52. The number of fused-ring (bicyclic) bond motifs is 4. The van der Waals surface area contributed by atoms with Crippen molar-refractivity contribution in [1.29, 1.82) is 0 Å². The van der Waals surface area contributed by atoms with Crippen LogP contribution in [0.15, 0.2) is 24.3 Å². The first-order valence-corrected chi connectivity index (χ1v) is 11.7. The van der Waals surface area contributed by atoms with Gasteiger partial charge < -0.3 is 19.9 Å². The summed E-state index contributed by atoms with van der Waals surface area (Å²) in [6, 6.07) is 6.10. The lowest BCUT2D eigenvalue weighted by molar-refractivity contribution is -0.149. The van der Waals surface area contributed by atoms with Gasteiger partial charge in [0, 0.05) is 32.1 Å². The van der Waals surface area contributed by atoms with Crippen LogP contribution in [0.1, 0.15) is 37.7 Å². The van der Waals surface area contributed by atoms with Crippen molar-refractivity contribution in [2.24, 2.45) is 11.8 Å². The normalized spacial score (nSPS) is 29.1. The Hall–Kier alpha value is -3.10. The van der Waals surface area contributed by atoms with Crippen molar-refractivity contribution < 1.29 is 23.9 Å². The van der Waals surface area contributed by atoms with Crippen molar-refractivity contribution in [3.8, 4) is 5.75 Å². The molecule has 0 saturated carbocycles. The van der Waals surface area contributed by atoms with Crippen LogP contribution in [0.2, 0.25) is 0 Å². The Morgan fingerprint density at radius 1 is 1.12 bits per heavy atom. The summed E-state index contributed by atoms with van der Waals surface area (Å²) < 4.78 is 5.14. The molecule has 4 atom stereocenters.